The number of Topliss-reactive ketones (excluding diaryl/α,β-unsaturated/α-hetero) is 2. The summed E-state index contributed by atoms with van der Waals surface area (Å²) in [7, 11) is 3.71. The van der Waals surface area contributed by atoms with Gasteiger partial charge < -0.3 is 31.7 Å². The lowest BCUT2D eigenvalue weighted by molar-refractivity contribution is -0.936. The number of carbonyl (C=O) groups excluding carboxylic acids is 2. The highest BCUT2D eigenvalue weighted by molar-refractivity contribution is 5.91. The highest BCUT2D eigenvalue weighted by Crippen LogP contribution is 2.21. The van der Waals surface area contributed by atoms with Gasteiger partial charge in [-0.3, -0.25) is 9.59 Å². The molecule has 0 spiro atoms. The van der Waals surface area contributed by atoms with Crippen LogP contribution in [-0.2, 0) is 9.59 Å². The minimum Gasteiger partial charge on any atom is -1.00 e. The van der Waals surface area contributed by atoms with Crippen molar-refractivity contribution in [3.05, 3.63) is 0 Å². The second-order valence-corrected chi connectivity index (χ2v) is 13.1. The lowest BCUT2D eigenvalue weighted by Gasteiger charge is -2.36. The number of unbranched alkanes of at least 4 members (excludes halogenated alkanes) is 20. The number of aliphatic hydroxyl groups is 2. The molecule has 3 unspecified atom stereocenters. The molecule has 0 amide bonds. The van der Waals surface area contributed by atoms with Gasteiger partial charge in [0.1, 0.15) is 11.9 Å². The molecule has 0 aliphatic carbocycles. The predicted molar refractivity (Wildman–Crippen MR) is 170 cm³/mol. The smallest absolute Gasteiger partial charge is 0.187 e. The average molecular weight is 649 g/mol. The summed E-state index contributed by atoms with van der Waals surface area (Å²) in [5.74, 6) is -0.978. The van der Waals surface area contributed by atoms with Crippen LogP contribution in [0.3, 0.4) is 0 Å². The van der Waals surface area contributed by atoms with E-state index in [1.54, 1.807) is 6.92 Å². The van der Waals surface area contributed by atoms with Crippen molar-refractivity contribution in [2.24, 2.45) is 5.92 Å². The normalized spacial score (nSPS) is 13.9. The van der Waals surface area contributed by atoms with Crippen LogP contribution < -0.4 is 17.0 Å². The highest BCUT2D eigenvalue weighted by Gasteiger charge is 2.38. The van der Waals surface area contributed by atoms with Crippen LogP contribution in [0.25, 0.3) is 0 Å². The van der Waals surface area contributed by atoms with Gasteiger partial charge >= 0.3 is 0 Å². The molecule has 0 aromatic heterocycles. The molecule has 0 aromatic carbocycles. The third kappa shape index (κ3) is 23.8. The van der Waals surface area contributed by atoms with Gasteiger partial charge in [-0.2, -0.15) is 0 Å². The van der Waals surface area contributed by atoms with Gasteiger partial charge in [0.25, 0.3) is 0 Å². The Morgan fingerprint density at radius 2 is 0.829 bits per heavy atom. The van der Waals surface area contributed by atoms with Gasteiger partial charge in [-0.25, -0.2) is 0 Å². The molecule has 3 atom stereocenters. The quantitative estimate of drug-likeness (QED) is 0.0576. The summed E-state index contributed by atoms with van der Waals surface area (Å²) >= 11 is 0. The zero-order chi connectivity index (χ0) is 30.1. The molecule has 0 aliphatic rings. The Bertz CT molecular complexity index is 611. The topological polar surface area (TPSA) is 74.6 Å². The maximum Gasteiger partial charge on any atom is 0.187 e. The Labute approximate surface area is 266 Å². The third-order valence-electron chi connectivity index (χ3n) is 8.86. The molecule has 246 valence electrons. The van der Waals surface area contributed by atoms with Crippen molar-refractivity contribution < 1.29 is 41.3 Å². The first-order chi connectivity index (χ1) is 19.2. The summed E-state index contributed by atoms with van der Waals surface area (Å²) in [6.45, 7) is 6.47. The fourth-order valence-electron chi connectivity index (χ4n) is 5.52. The Hall–Kier alpha value is -0.300. The van der Waals surface area contributed by atoms with Gasteiger partial charge in [0.15, 0.2) is 12.0 Å². The second-order valence-electron chi connectivity index (χ2n) is 13.1. The average Bonchev–Trinajstić information content (AvgIpc) is 2.92. The van der Waals surface area contributed by atoms with Crippen molar-refractivity contribution in [3.8, 4) is 0 Å². The van der Waals surface area contributed by atoms with E-state index in [1.165, 1.54) is 103 Å². The van der Waals surface area contributed by atoms with Crippen molar-refractivity contribution in [2.75, 3.05) is 20.6 Å². The van der Waals surface area contributed by atoms with E-state index in [0.717, 1.165) is 38.5 Å². The largest absolute Gasteiger partial charge is 1.00 e. The predicted octanol–water partition coefficient (Wildman–Crippen LogP) is 5.92. The molecule has 5 nitrogen and oxygen atoms in total. The summed E-state index contributed by atoms with van der Waals surface area (Å²) in [6, 6.07) is 0. The van der Waals surface area contributed by atoms with E-state index in [4.69, 9.17) is 0 Å². The molecule has 0 radical (unpaired) electrons. The van der Waals surface area contributed by atoms with Gasteiger partial charge in [0.2, 0.25) is 0 Å². The van der Waals surface area contributed by atoms with Gasteiger partial charge in [0, 0.05) is 19.8 Å². The van der Waals surface area contributed by atoms with Crippen LogP contribution in [0, 0.1) is 5.92 Å². The Morgan fingerprint density at radius 3 is 1.15 bits per heavy atom. The van der Waals surface area contributed by atoms with E-state index < -0.39 is 18.2 Å². The summed E-state index contributed by atoms with van der Waals surface area (Å²) in [5, 5.41) is 21.2. The molecule has 0 heterocycles. The number of quaternary nitrogens is 1. The molecule has 0 aliphatic heterocycles. The third-order valence-corrected chi connectivity index (χ3v) is 8.86. The number of hydrogen-bond donors (Lipinski definition) is 2. The first-order valence-corrected chi connectivity index (χ1v) is 17.4. The van der Waals surface area contributed by atoms with Crippen LogP contribution in [-0.4, -0.2) is 59.2 Å². The SMILES string of the molecule is CCCCCCCCCCCCCC(=O)C(O)C(C[N+](C)(C)C(C)O)C(=O)CCCCCCCCCCCCC.[Br-]. The van der Waals surface area contributed by atoms with Crippen molar-refractivity contribution in [1.29, 1.82) is 0 Å². The number of halogens is 1. The minimum absolute atomic E-state index is 0. The molecule has 2 N–H and O–H groups in total. The van der Waals surface area contributed by atoms with E-state index in [1.807, 2.05) is 14.1 Å². The molecular weight excluding hydrogens is 578 g/mol. The minimum atomic E-state index is -1.26. The fraction of sp³-hybridized carbons (Fsp3) is 0.943. The first kappa shape index (κ1) is 42.8. The van der Waals surface area contributed by atoms with Crippen LogP contribution in [0.1, 0.15) is 175 Å². The number of aliphatic hydroxyl groups excluding tert-OH is 2. The summed E-state index contributed by atoms with van der Waals surface area (Å²) in [6.07, 6.45) is 25.6. The van der Waals surface area contributed by atoms with Crippen LogP contribution in [0.15, 0.2) is 0 Å². The van der Waals surface area contributed by atoms with Gasteiger partial charge in [0.05, 0.1) is 26.6 Å². The molecule has 0 fully saturated rings. The zero-order valence-corrected chi connectivity index (χ0v) is 29.5. The van der Waals surface area contributed by atoms with Gasteiger partial charge in [-0.15, -0.1) is 0 Å². The van der Waals surface area contributed by atoms with Crippen molar-refractivity contribution in [2.45, 2.75) is 187 Å². The van der Waals surface area contributed by atoms with Crippen LogP contribution in [0.4, 0.5) is 0 Å². The number of ketones is 2. The molecule has 0 aromatic rings. The molecule has 41 heavy (non-hydrogen) atoms. The van der Waals surface area contributed by atoms with Crippen molar-refractivity contribution >= 4 is 11.6 Å². The van der Waals surface area contributed by atoms with Crippen molar-refractivity contribution in [1.82, 2.24) is 0 Å². The number of nitrogens with zero attached hydrogens (tertiary/aromatic N) is 1. The molecule has 0 saturated heterocycles. The Kier molecular flexibility index (Phi) is 29.7. The standard InChI is InChI=1S/C35H70NO4.BrH/c1-6-8-10-12-14-16-18-20-22-24-26-28-33(38)32(30-36(4,5)31(3)37)35(40)34(39)29-27-25-23-21-19-17-15-13-11-9-7-2;/h31-32,35,37,40H,6-30H2,1-5H3;1H/q+1;/p-1. The molecular formula is C35H70BrNO4. The summed E-state index contributed by atoms with van der Waals surface area (Å²) < 4.78 is 0.192. The van der Waals surface area contributed by atoms with E-state index in [9.17, 15) is 19.8 Å². The maximum atomic E-state index is 13.2. The van der Waals surface area contributed by atoms with Gasteiger partial charge in [-0.1, -0.05) is 142 Å². The lowest BCUT2D eigenvalue weighted by Crippen LogP contribution is -3.00. The second kappa shape index (κ2) is 28.5. The van der Waals surface area contributed by atoms with Crippen LogP contribution in [0.5, 0.6) is 0 Å². The lowest BCUT2D eigenvalue weighted by atomic mass is 9.88. The monoisotopic (exact) mass is 647 g/mol. The van der Waals surface area contributed by atoms with Crippen LogP contribution >= 0.6 is 0 Å². The summed E-state index contributed by atoms with van der Waals surface area (Å²) in [4.78, 5) is 26.1. The number of carbonyl (C=O) groups is 2. The zero-order valence-electron chi connectivity index (χ0n) is 27.9. The summed E-state index contributed by atoms with van der Waals surface area (Å²) in [5.41, 5.74) is 0. The Balaban J connectivity index is 0. The van der Waals surface area contributed by atoms with E-state index in [-0.39, 0.29) is 39.6 Å². The van der Waals surface area contributed by atoms with Gasteiger partial charge in [-0.05, 0) is 12.8 Å². The molecule has 0 bridgehead atoms. The maximum absolute atomic E-state index is 13.2. The van der Waals surface area contributed by atoms with Crippen molar-refractivity contribution in [3.63, 3.8) is 0 Å². The van der Waals surface area contributed by atoms with E-state index in [0.29, 0.717) is 12.8 Å². The highest BCUT2D eigenvalue weighted by atomic mass is 79.9. The molecule has 0 rings (SSSR count). The molecule has 0 saturated carbocycles. The number of rotatable bonds is 30. The van der Waals surface area contributed by atoms with E-state index >= 15 is 0 Å². The Morgan fingerprint density at radius 1 is 0.537 bits per heavy atom. The van der Waals surface area contributed by atoms with E-state index in [2.05, 4.69) is 13.8 Å². The first-order valence-electron chi connectivity index (χ1n) is 17.4. The molecule has 6 heteroatoms. The number of hydrogen-bond acceptors (Lipinski definition) is 4. The fourth-order valence-corrected chi connectivity index (χ4v) is 5.52. The van der Waals surface area contributed by atoms with Crippen LogP contribution in [0.2, 0.25) is 0 Å².